The van der Waals surface area contributed by atoms with E-state index in [0.717, 1.165) is 23.9 Å². The largest absolute Gasteiger partial charge is 0.369 e. The number of nitrogens with zero attached hydrogens (tertiary/aromatic N) is 1. The van der Waals surface area contributed by atoms with Crippen LogP contribution in [0.4, 0.5) is 10.3 Å². The lowest BCUT2D eigenvalue weighted by atomic mass is 10.0. The van der Waals surface area contributed by atoms with E-state index in [1.807, 2.05) is 0 Å². The van der Waals surface area contributed by atoms with Crippen molar-refractivity contribution in [1.29, 1.82) is 0 Å². The van der Waals surface area contributed by atoms with E-state index in [-0.39, 0.29) is 5.82 Å². The van der Waals surface area contributed by atoms with Crippen molar-refractivity contribution in [3.05, 3.63) is 23.5 Å². The molecule has 1 aromatic carbocycles. The lowest BCUT2D eigenvalue weighted by Crippen LogP contribution is -1.90. The molecular weight excluding hydrogens is 217 g/mol. The maximum atomic E-state index is 13.4. The molecule has 0 amide bonds. The van der Waals surface area contributed by atoms with Crippen molar-refractivity contribution < 1.29 is 4.39 Å². The van der Waals surface area contributed by atoms with Crippen molar-refractivity contribution in [2.24, 2.45) is 0 Å². The summed E-state index contributed by atoms with van der Waals surface area (Å²) in [5.74, 6) is 0.118. The zero-order chi connectivity index (χ0) is 12.3. The number of aryl methyl sites for hydroxylation is 1. The molecule has 0 unspecified atom stereocenters. The number of nitrogens with one attached hydrogen (secondary N) is 1. The van der Waals surface area contributed by atoms with E-state index in [1.165, 1.54) is 25.3 Å². The monoisotopic (exact) mass is 235 g/mol. The highest BCUT2D eigenvalue weighted by Crippen LogP contribution is 2.21. The van der Waals surface area contributed by atoms with E-state index in [0.29, 0.717) is 11.5 Å². The maximum absolute atomic E-state index is 13.4. The molecule has 1 aromatic heterocycles. The van der Waals surface area contributed by atoms with Gasteiger partial charge in [0.15, 0.2) is 5.95 Å². The van der Waals surface area contributed by atoms with E-state index in [1.54, 1.807) is 6.07 Å². The van der Waals surface area contributed by atoms with Crippen LogP contribution in [-0.2, 0) is 6.42 Å². The van der Waals surface area contributed by atoms with Gasteiger partial charge in [0.2, 0.25) is 0 Å². The lowest BCUT2D eigenvalue weighted by Gasteiger charge is -2.02. The number of aromatic nitrogens is 2. The molecule has 0 aliphatic heterocycles. The summed E-state index contributed by atoms with van der Waals surface area (Å²) in [6.07, 6.45) is 5.53. The average Bonchev–Trinajstić information content (AvgIpc) is 2.64. The number of H-pyrrole nitrogens is 1. The van der Waals surface area contributed by atoms with Crippen molar-refractivity contribution in [1.82, 2.24) is 9.97 Å². The van der Waals surface area contributed by atoms with Crippen molar-refractivity contribution in [2.45, 2.75) is 39.0 Å². The van der Waals surface area contributed by atoms with Crippen LogP contribution in [0.3, 0.4) is 0 Å². The molecule has 4 heteroatoms. The zero-order valence-corrected chi connectivity index (χ0v) is 10.1. The van der Waals surface area contributed by atoms with Crippen LogP contribution in [0.25, 0.3) is 11.0 Å². The number of aromatic amines is 1. The number of hydrogen-bond acceptors (Lipinski definition) is 2. The Bertz CT molecular complexity index is 505. The highest BCUT2D eigenvalue weighted by atomic mass is 19.1. The first kappa shape index (κ1) is 11.9. The second-order valence-corrected chi connectivity index (χ2v) is 4.39. The maximum Gasteiger partial charge on any atom is 0.198 e. The number of unbranched alkanes of at least 4 members (excludes halogenated alkanes) is 3. The van der Waals surface area contributed by atoms with Gasteiger partial charge < -0.3 is 10.7 Å². The summed E-state index contributed by atoms with van der Waals surface area (Å²) in [4.78, 5) is 7.08. The van der Waals surface area contributed by atoms with Gasteiger partial charge in [0.25, 0.3) is 0 Å². The van der Waals surface area contributed by atoms with Gasteiger partial charge in [-0.25, -0.2) is 9.37 Å². The van der Waals surface area contributed by atoms with Crippen LogP contribution in [-0.4, -0.2) is 9.97 Å². The van der Waals surface area contributed by atoms with Gasteiger partial charge in [-0.3, -0.25) is 0 Å². The molecule has 0 aliphatic rings. The quantitative estimate of drug-likeness (QED) is 0.780. The van der Waals surface area contributed by atoms with Crippen molar-refractivity contribution in [2.75, 3.05) is 5.73 Å². The Morgan fingerprint density at radius 1 is 1.29 bits per heavy atom. The molecule has 0 saturated carbocycles. The van der Waals surface area contributed by atoms with Crippen LogP contribution in [0.2, 0.25) is 0 Å². The molecule has 2 rings (SSSR count). The van der Waals surface area contributed by atoms with Crippen molar-refractivity contribution in [3.63, 3.8) is 0 Å². The number of benzene rings is 1. The first-order valence-corrected chi connectivity index (χ1v) is 6.14. The van der Waals surface area contributed by atoms with E-state index in [4.69, 9.17) is 5.73 Å². The van der Waals surface area contributed by atoms with E-state index >= 15 is 0 Å². The van der Waals surface area contributed by atoms with Gasteiger partial charge in [-0.1, -0.05) is 26.2 Å². The van der Waals surface area contributed by atoms with Crippen molar-refractivity contribution in [3.8, 4) is 0 Å². The number of fused-ring (bicyclic) bond motifs is 1. The van der Waals surface area contributed by atoms with Crippen molar-refractivity contribution >= 4 is 17.0 Å². The number of nitrogens with two attached hydrogens (primary N) is 1. The van der Waals surface area contributed by atoms with Crippen LogP contribution >= 0.6 is 0 Å². The van der Waals surface area contributed by atoms with E-state index in [2.05, 4.69) is 16.9 Å². The van der Waals surface area contributed by atoms with Gasteiger partial charge in [0.05, 0.1) is 11.0 Å². The third-order valence-corrected chi connectivity index (χ3v) is 2.95. The topological polar surface area (TPSA) is 54.7 Å². The second-order valence-electron chi connectivity index (χ2n) is 4.39. The molecule has 0 fully saturated rings. The Balaban J connectivity index is 2.19. The van der Waals surface area contributed by atoms with E-state index < -0.39 is 0 Å². The summed E-state index contributed by atoms with van der Waals surface area (Å²) in [5, 5.41) is 0. The van der Waals surface area contributed by atoms with Crippen LogP contribution < -0.4 is 5.73 Å². The SMILES string of the molecule is CCCCCCc1cc(F)cc2[nH]c(N)nc12. The van der Waals surface area contributed by atoms with Gasteiger partial charge in [-0.15, -0.1) is 0 Å². The predicted octanol–water partition coefficient (Wildman–Crippen LogP) is 3.41. The molecular formula is C13H18FN3. The number of halogens is 1. The number of rotatable bonds is 5. The summed E-state index contributed by atoms with van der Waals surface area (Å²) < 4.78 is 13.4. The summed E-state index contributed by atoms with van der Waals surface area (Å²) in [7, 11) is 0. The minimum atomic E-state index is -0.230. The minimum absolute atomic E-state index is 0.230. The summed E-state index contributed by atoms with van der Waals surface area (Å²) in [6.45, 7) is 2.18. The van der Waals surface area contributed by atoms with Crippen LogP contribution in [0.15, 0.2) is 12.1 Å². The number of anilines is 1. The number of nitrogen functional groups attached to an aromatic ring is 1. The number of hydrogen-bond donors (Lipinski definition) is 2. The predicted molar refractivity (Wildman–Crippen MR) is 68.3 cm³/mol. The summed E-state index contributed by atoms with van der Waals surface area (Å²) in [6, 6.07) is 3.00. The Morgan fingerprint density at radius 3 is 2.88 bits per heavy atom. The van der Waals surface area contributed by atoms with Crippen LogP contribution in [0, 0.1) is 5.82 Å². The molecule has 92 valence electrons. The molecule has 0 radical (unpaired) electrons. The van der Waals surface area contributed by atoms with Gasteiger partial charge >= 0.3 is 0 Å². The molecule has 2 aromatic rings. The third-order valence-electron chi connectivity index (χ3n) is 2.95. The highest BCUT2D eigenvalue weighted by molar-refractivity contribution is 5.80. The Labute approximate surface area is 100 Å². The first-order chi connectivity index (χ1) is 8.20. The number of imidazole rings is 1. The molecule has 0 bridgehead atoms. The summed E-state index contributed by atoms with van der Waals surface area (Å²) >= 11 is 0. The third kappa shape index (κ3) is 2.75. The Kier molecular flexibility index (Phi) is 3.61. The Morgan fingerprint density at radius 2 is 2.12 bits per heavy atom. The molecule has 0 spiro atoms. The van der Waals surface area contributed by atoms with Gasteiger partial charge in [-0.2, -0.15) is 0 Å². The fourth-order valence-corrected chi connectivity index (χ4v) is 2.10. The van der Waals surface area contributed by atoms with Crippen LogP contribution in [0.5, 0.6) is 0 Å². The molecule has 0 atom stereocenters. The Hall–Kier alpha value is -1.58. The normalized spacial score (nSPS) is 11.2. The highest BCUT2D eigenvalue weighted by Gasteiger charge is 2.08. The first-order valence-electron chi connectivity index (χ1n) is 6.14. The molecule has 1 heterocycles. The molecule has 3 N–H and O–H groups in total. The average molecular weight is 235 g/mol. The lowest BCUT2D eigenvalue weighted by molar-refractivity contribution is 0.623. The molecule has 3 nitrogen and oxygen atoms in total. The van der Waals surface area contributed by atoms with Crippen LogP contribution in [0.1, 0.15) is 38.2 Å². The minimum Gasteiger partial charge on any atom is -0.369 e. The van der Waals surface area contributed by atoms with Gasteiger partial charge in [0, 0.05) is 0 Å². The zero-order valence-electron chi connectivity index (χ0n) is 10.1. The van der Waals surface area contributed by atoms with Gasteiger partial charge in [0.1, 0.15) is 5.82 Å². The van der Waals surface area contributed by atoms with E-state index in [9.17, 15) is 4.39 Å². The second kappa shape index (κ2) is 5.17. The smallest absolute Gasteiger partial charge is 0.198 e. The molecule has 0 saturated heterocycles. The van der Waals surface area contributed by atoms with Gasteiger partial charge in [-0.05, 0) is 30.5 Å². The summed E-state index contributed by atoms with van der Waals surface area (Å²) in [5.41, 5.74) is 8.04. The standard InChI is InChI=1S/C13H18FN3/c1-2-3-4-5-6-9-7-10(14)8-11-12(9)17-13(15)16-11/h7-8H,2-6H2,1H3,(H3,15,16,17). The molecule has 0 aliphatic carbocycles. The molecule has 17 heavy (non-hydrogen) atoms. The fourth-order valence-electron chi connectivity index (χ4n) is 2.10. The fraction of sp³-hybridized carbons (Fsp3) is 0.462.